The number of nitrogens with zero attached hydrogens (tertiary/aromatic N) is 1. The van der Waals surface area contributed by atoms with Crippen LogP contribution in [0.25, 0.3) is 0 Å². The molecule has 1 aliphatic heterocycles. The number of rotatable bonds is 7. The van der Waals surface area contributed by atoms with E-state index in [4.69, 9.17) is 23.7 Å². The summed E-state index contributed by atoms with van der Waals surface area (Å²) < 4.78 is 32.1. The number of fused-ring (bicyclic) bond motifs is 2. The van der Waals surface area contributed by atoms with E-state index in [1.807, 2.05) is 35.5 Å². The topological polar surface area (TPSA) is 69.6 Å². The molecule has 6 aliphatic rings. The molecule has 0 aromatic carbocycles. The molecule has 13 atom stereocenters. The molecule has 0 aromatic heterocycles. The van der Waals surface area contributed by atoms with Crippen LogP contribution in [0, 0.1) is 40.4 Å². The van der Waals surface area contributed by atoms with Gasteiger partial charge in [-0.1, -0.05) is 6.92 Å². The molecule has 0 aromatic rings. The van der Waals surface area contributed by atoms with Gasteiger partial charge >= 0.3 is 0 Å². The number of likely N-dealkylation sites (tertiary alicyclic amines) is 1. The Labute approximate surface area is 198 Å². The summed E-state index contributed by atoms with van der Waals surface area (Å²) in [7, 11) is 9.40. The molecule has 1 heterocycles. The SMILES string of the molecule is CCN1CC2(CO)CCC(OC)C34C5CC6C(OC)CC(OC)(C5C6OC)C(C(OC)C23)C14. The molecule has 1 spiro atoms. The summed E-state index contributed by atoms with van der Waals surface area (Å²) in [5.74, 6) is 1.50. The zero-order valence-corrected chi connectivity index (χ0v) is 21.2. The normalized spacial score (nSPS) is 58.6. The third-order valence-electron chi connectivity index (χ3n) is 11.8. The van der Waals surface area contributed by atoms with E-state index < -0.39 is 0 Å². The fourth-order valence-corrected chi connectivity index (χ4v) is 11.3. The number of aliphatic hydroxyl groups excluding tert-OH is 1. The average Bonchev–Trinajstić information content (AvgIpc) is 3.28. The molecule has 33 heavy (non-hydrogen) atoms. The summed E-state index contributed by atoms with van der Waals surface area (Å²) in [5.41, 5.74) is -0.605. The lowest BCUT2D eigenvalue weighted by molar-refractivity contribution is -0.282. The largest absolute Gasteiger partial charge is 0.396 e. The molecule has 0 radical (unpaired) electrons. The molecule has 188 valence electrons. The first-order valence-corrected chi connectivity index (χ1v) is 13.0. The molecule has 5 saturated carbocycles. The monoisotopic (exact) mass is 465 g/mol. The highest BCUT2D eigenvalue weighted by atomic mass is 16.5. The standard InChI is InChI=1S/C26H43NO6/c1-7-27-12-24(13-28)9-8-17(30-3)26-15-10-14-16(29-2)11-25(33-6,18(15)20(14)31-4)19(23(26)27)21(32-5)22(24)26/h14-23,28H,7-13H2,1-6H3. The summed E-state index contributed by atoms with van der Waals surface area (Å²) in [6, 6.07) is 0.315. The number of ether oxygens (including phenoxy) is 5. The van der Waals surface area contributed by atoms with E-state index >= 15 is 0 Å². The van der Waals surface area contributed by atoms with Gasteiger partial charge in [0.2, 0.25) is 0 Å². The second-order valence-electron chi connectivity index (χ2n) is 11.9. The van der Waals surface area contributed by atoms with Gasteiger partial charge in [-0.15, -0.1) is 0 Å². The number of aliphatic hydroxyl groups is 1. The smallest absolute Gasteiger partial charge is 0.0827 e. The van der Waals surface area contributed by atoms with Crippen LogP contribution in [0.3, 0.4) is 0 Å². The predicted octanol–water partition coefficient (Wildman–Crippen LogP) is 1.81. The van der Waals surface area contributed by atoms with Crippen molar-refractivity contribution in [1.29, 1.82) is 0 Å². The van der Waals surface area contributed by atoms with Crippen molar-refractivity contribution >= 4 is 0 Å². The molecule has 5 aliphatic carbocycles. The maximum absolute atomic E-state index is 11.0. The Morgan fingerprint density at radius 3 is 2.30 bits per heavy atom. The van der Waals surface area contributed by atoms with Crippen LogP contribution >= 0.6 is 0 Å². The second-order valence-corrected chi connectivity index (χ2v) is 11.9. The lowest BCUT2D eigenvalue weighted by atomic mass is 9.43. The second kappa shape index (κ2) is 7.61. The summed E-state index contributed by atoms with van der Waals surface area (Å²) in [6.45, 7) is 4.38. The van der Waals surface area contributed by atoms with Gasteiger partial charge in [0.1, 0.15) is 0 Å². The first kappa shape index (κ1) is 23.1. The Bertz CT molecular complexity index is 782. The molecule has 13 unspecified atom stereocenters. The van der Waals surface area contributed by atoms with Gasteiger partial charge in [0, 0.05) is 89.1 Å². The minimum Gasteiger partial charge on any atom is -0.396 e. The zero-order valence-electron chi connectivity index (χ0n) is 21.2. The summed E-state index contributed by atoms with van der Waals surface area (Å²) >= 11 is 0. The molecule has 1 saturated heterocycles. The highest BCUT2D eigenvalue weighted by Crippen LogP contribution is 2.80. The first-order valence-electron chi connectivity index (χ1n) is 13.0. The van der Waals surface area contributed by atoms with E-state index in [9.17, 15) is 5.11 Å². The van der Waals surface area contributed by atoms with Crippen LogP contribution < -0.4 is 0 Å². The van der Waals surface area contributed by atoms with E-state index in [2.05, 4.69) is 11.8 Å². The van der Waals surface area contributed by atoms with Crippen LogP contribution in [0.4, 0.5) is 0 Å². The van der Waals surface area contributed by atoms with Gasteiger partial charge in [0.05, 0.1) is 36.6 Å². The Balaban J connectivity index is 1.66. The molecule has 7 nitrogen and oxygen atoms in total. The van der Waals surface area contributed by atoms with Crippen molar-refractivity contribution in [2.24, 2.45) is 40.4 Å². The third-order valence-corrected chi connectivity index (χ3v) is 11.8. The van der Waals surface area contributed by atoms with Crippen molar-refractivity contribution in [3.05, 3.63) is 0 Å². The van der Waals surface area contributed by atoms with E-state index in [-0.39, 0.29) is 65.2 Å². The Morgan fingerprint density at radius 1 is 0.970 bits per heavy atom. The van der Waals surface area contributed by atoms with Gasteiger partial charge < -0.3 is 28.8 Å². The van der Waals surface area contributed by atoms with Gasteiger partial charge in [-0.3, -0.25) is 4.90 Å². The lowest BCUT2D eigenvalue weighted by Crippen LogP contribution is -2.76. The van der Waals surface area contributed by atoms with E-state index in [0.29, 0.717) is 17.9 Å². The van der Waals surface area contributed by atoms with Crippen molar-refractivity contribution in [2.75, 3.05) is 55.2 Å². The Morgan fingerprint density at radius 2 is 1.73 bits per heavy atom. The van der Waals surface area contributed by atoms with Crippen LogP contribution in [0.15, 0.2) is 0 Å². The van der Waals surface area contributed by atoms with Crippen molar-refractivity contribution in [2.45, 2.75) is 68.7 Å². The van der Waals surface area contributed by atoms with E-state index in [1.54, 1.807) is 0 Å². The van der Waals surface area contributed by atoms with E-state index in [0.717, 1.165) is 38.8 Å². The van der Waals surface area contributed by atoms with Gasteiger partial charge in [0.15, 0.2) is 0 Å². The number of methoxy groups -OCH3 is 5. The van der Waals surface area contributed by atoms with Crippen LogP contribution in [0.1, 0.15) is 32.6 Å². The number of hydrogen-bond donors (Lipinski definition) is 1. The highest BCUT2D eigenvalue weighted by Gasteiger charge is 2.86. The fraction of sp³-hybridized carbons (Fsp3) is 1.00. The van der Waals surface area contributed by atoms with Crippen molar-refractivity contribution in [3.8, 4) is 0 Å². The molecular formula is C26H43NO6. The fourth-order valence-electron chi connectivity index (χ4n) is 11.3. The van der Waals surface area contributed by atoms with Crippen LogP contribution in [0.2, 0.25) is 0 Å². The van der Waals surface area contributed by atoms with Crippen molar-refractivity contribution in [1.82, 2.24) is 4.90 Å². The Hall–Kier alpha value is -0.280. The molecule has 6 fully saturated rings. The maximum Gasteiger partial charge on any atom is 0.0827 e. The Kier molecular flexibility index (Phi) is 5.34. The van der Waals surface area contributed by atoms with Crippen molar-refractivity contribution < 1.29 is 28.8 Å². The average molecular weight is 466 g/mol. The van der Waals surface area contributed by atoms with Gasteiger partial charge in [0.25, 0.3) is 0 Å². The molecule has 7 heteroatoms. The maximum atomic E-state index is 11.0. The molecular weight excluding hydrogens is 422 g/mol. The van der Waals surface area contributed by atoms with Gasteiger partial charge in [-0.25, -0.2) is 0 Å². The van der Waals surface area contributed by atoms with Gasteiger partial charge in [-0.2, -0.15) is 0 Å². The van der Waals surface area contributed by atoms with E-state index in [1.165, 1.54) is 0 Å². The summed E-state index contributed by atoms with van der Waals surface area (Å²) in [6.07, 6.45) is 4.35. The summed E-state index contributed by atoms with van der Waals surface area (Å²) in [4.78, 5) is 2.67. The molecule has 6 rings (SSSR count). The van der Waals surface area contributed by atoms with Crippen LogP contribution in [-0.4, -0.2) is 101 Å². The number of piperidine rings is 1. The minimum absolute atomic E-state index is 0.0220. The highest BCUT2D eigenvalue weighted by molar-refractivity contribution is 5.36. The number of hydrogen-bond acceptors (Lipinski definition) is 7. The quantitative estimate of drug-likeness (QED) is 0.615. The molecule has 1 N–H and O–H groups in total. The predicted molar refractivity (Wildman–Crippen MR) is 122 cm³/mol. The molecule has 7 bridgehead atoms. The summed E-state index contributed by atoms with van der Waals surface area (Å²) in [5, 5.41) is 11.0. The zero-order chi connectivity index (χ0) is 23.3. The third kappa shape index (κ3) is 2.33. The molecule has 0 amide bonds. The van der Waals surface area contributed by atoms with Crippen LogP contribution in [0.5, 0.6) is 0 Å². The van der Waals surface area contributed by atoms with Crippen LogP contribution in [-0.2, 0) is 23.7 Å². The lowest BCUT2D eigenvalue weighted by Gasteiger charge is -2.69. The minimum atomic E-state index is -0.371. The first-order chi connectivity index (χ1) is 16.0. The van der Waals surface area contributed by atoms with Crippen molar-refractivity contribution in [3.63, 3.8) is 0 Å². The van der Waals surface area contributed by atoms with Gasteiger partial charge in [-0.05, 0) is 31.7 Å².